The van der Waals surface area contributed by atoms with E-state index in [0.717, 1.165) is 21.9 Å². The first-order valence-corrected chi connectivity index (χ1v) is 7.42. The van der Waals surface area contributed by atoms with Gasteiger partial charge in [0.1, 0.15) is 18.2 Å². The maximum absolute atomic E-state index is 9.96. The quantitative estimate of drug-likeness (QED) is 0.731. The number of furan rings is 1. The van der Waals surface area contributed by atoms with Crippen LogP contribution < -0.4 is 0 Å². The second-order valence-corrected chi connectivity index (χ2v) is 5.59. The molecule has 3 rings (SSSR count). The second-order valence-electron chi connectivity index (χ2n) is 5.15. The van der Waals surface area contributed by atoms with Crippen molar-refractivity contribution in [1.82, 2.24) is 15.2 Å². The molecule has 0 spiro atoms. The molecule has 0 fully saturated rings. The van der Waals surface area contributed by atoms with Gasteiger partial charge in [-0.1, -0.05) is 23.7 Å². The van der Waals surface area contributed by atoms with Gasteiger partial charge >= 0.3 is 0 Å². The highest BCUT2D eigenvalue weighted by Crippen LogP contribution is 2.19. The van der Waals surface area contributed by atoms with Crippen LogP contribution in [-0.4, -0.2) is 20.3 Å². The van der Waals surface area contributed by atoms with Gasteiger partial charge in [-0.25, -0.2) is 4.98 Å². The van der Waals surface area contributed by atoms with E-state index >= 15 is 0 Å². The van der Waals surface area contributed by atoms with Crippen LogP contribution in [0.1, 0.15) is 35.2 Å². The molecule has 22 heavy (non-hydrogen) atoms. The summed E-state index contributed by atoms with van der Waals surface area (Å²) in [6.45, 7) is 0. The van der Waals surface area contributed by atoms with Crippen LogP contribution in [0.2, 0.25) is 5.02 Å². The molecular weight excluding hydrogens is 302 g/mol. The van der Waals surface area contributed by atoms with Crippen molar-refractivity contribution in [2.75, 3.05) is 0 Å². The van der Waals surface area contributed by atoms with Gasteiger partial charge in [0.05, 0.1) is 6.26 Å². The van der Waals surface area contributed by atoms with E-state index in [4.69, 9.17) is 16.0 Å². The molecule has 6 heteroatoms. The number of H-pyrrole nitrogens is 1. The van der Waals surface area contributed by atoms with E-state index in [1.807, 2.05) is 30.3 Å². The highest BCUT2D eigenvalue weighted by Gasteiger charge is 2.11. The summed E-state index contributed by atoms with van der Waals surface area (Å²) in [4.78, 5) is 3.95. The number of hydrogen-bond donors (Lipinski definition) is 2. The molecule has 0 saturated carbocycles. The maximum Gasteiger partial charge on any atom is 0.153 e. The molecule has 1 aromatic carbocycles. The SMILES string of the molecule is OC(CCc1coc(Cc2cccc(Cl)c2)c1)c1ncn[nH]1. The van der Waals surface area contributed by atoms with Gasteiger partial charge in [-0.2, -0.15) is 5.10 Å². The number of aliphatic hydroxyl groups is 1. The number of benzene rings is 1. The lowest BCUT2D eigenvalue weighted by molar-refractivity contribution is 0.158. The molecular formula is C16H16ClN3O2. The van der Waals surface area contributed by atoms with Crippen molar-refractivity contribution in [1.29, 1.82) is 0 Å². The Morgan fingerprint density at radius 2 is 2.18 bits per heavy atom. The van der Waals surface area contributed by atoms with Crippen LogP contribution in [0.25, 0.3) is 0 Å². The molecule has 0 radical (unpaired) electrons. The van der Waals surface area contributed by atoms with Crippen molar-refractivity contribution in [2.45, 2.75) is 25.4 Å². The molecule has 1 unspecified atom stereocenters. The van der Waals surface area contributed by atoms with Crippen LogP contribution in [0.4, 0.5) is 0 Å². The Morgan fingerprint density at radius 1 is 1.27 bits per heavy atom. The monoisotopic (exact) mass is 317 g/mol. The van der Waals surface area contributed by atoms with E-state index in [1.165, 1.54) is 6.33 Å². The Balaban J connectivity index is 1.57. The minimum atomic E-state index is -0.645. The fourth-order valence-corrected chi connectivity index (χ4v) is 2.53. The van der Waals surface area contributed by atoms with Crippen molar-refractivity contribution in [3.05, 3.63) is 70.7 Å². The molecule has 0 amide bonds. The first kappa shape index (κ1) is 14.8. The van der Waals surface area contributed by atoms with Crippen LogP contribution in [0.5, 0.6) is 0 Å². The Hall–Kier alpha value is -2.11. The number of aryl methyl sites for hydroxylation is 1. The van der Waals surface area contributed by atoms with Crippen molar-refractivity contribution < 1.29 is 9.52 Å². The lowest BCUT2D eigenvalue weighted by atomic mass is 10.1. The van der Waals surface area contributed by atoms with Crippen LogP contribution in [0.15, 0.2) is 47.3 Å². The number of nitrogens with zero attached hydrogens (tertiary/aromatic N) is 2. The van der Waals surface area contributed by atoms with Crippen molar-refractivity contribution in [3.63, 3.8) is 0 Å². The summed E-state index contributed by atoms with van der Waals surface area (Å²) < 4.78 is 5.57. The van der Waals surface area contributed by atoms with Gasteiger partial charge in [0, 0.05) is 11.4 Å². The fraction of sp³-hybridized carbons (Fsp3) is 0.250. The van der Waals surface area contributed by atoms with Crippen molar-refractivity contribution >= 4 is 11.6 Å². The summed E-state index contributed by atoms with van der Waals surface area (Å²) in [5.41, 5.74) is 2.16. The first-order chi connectivity index (χ1) is 10.7. The summed E-state index contributed by atoms with van der Waals surface area (Å²) in [5, 5.41) is 17.1. The van der Waals surface area contributed by atoms with E-state index in [9.17, 15) is 5.11 Å². The third-order valence-electron chi connectivity index (χ3n) is 3.43. The molecule has 114 valence electrons. The topological polar surface area (TPSA) is 74.9 Å². The zero-order chi connectivity index (χ0) is 15.4. The van der Waals surface area contributed by atoms with Crippen molar-refractivity contribution in [3.8, 4) is 0 Å². The molecule has 2 N–H and O–H groups in total. The second kappa shape index (κ2) is 6.77. The molecule has 2 heterocycles. The minimum absolute atomic E-state index is 0.489. The lowest BCUT2D eigenvalue weighted by Crippen LogP contribution is -2.01. The molecule has 1 atom stereocenters. The predicted molar refractivity (Wildman–Crippen MR) is 82.6 cm³/mol. The number of aromatic nitrogens is 3. The summed E-state index contributed by atoms with van der Waals surface area (Å²) in [6.07, 6.45) is 4.44. The standard InChI is InChI=1S/C16H16ClN3O2/c17-13-3-1-2-11(6-13)7-14-8-12(9-22-14)4-5-15(21)16-18-10-19-20-16/h1-3,6,8-10,15,21H,4-5,7H2,(H,18,19,20). The summed E-state index contributed by atoms with van der Waals surface area (Å²) in [6, 6.07) is 9.73. The summed E-state index contributed by atoms with van der Waals surface area (Å²) >= 11 is 5.98. The highest BCUT2D eigenvalue weighted by molar-refractivity contribution is 6.30. The Morgan fingerprint density at radius 3 is 2.95 bits per heavy atom. The molecule has 0 saturated heterocycles. The van der Waals surface area contributed by atoms with E-state index in [2.05, 4.69) is 15.2 Å². The van der Waals surface area contributed by atoms with E-state index < -0.39 is 6.10 Å². The average molecular weight is 318 g/mol. The minimum Gasteiger partial charge on any atom is -0.469 e. The first-order valence-electron chi connectivity index (χ1n) is 7.05. The number of aromatic amines is 1. The molecule has 0 aliphatic heterocycles. The Bertz CT molecular complexity index is 725. The Labute approximate surface area is 133 Å². The van der Waals surface area contributed by atoms with Gasteiger partial charge in [-0.3, -0.25) is 5.10 Å². The van der Waals surface area contributed by atoms with E-state index in [1.54, 1.807) is 6.26 Å². The summed E-state index contributed by atoms with van der Waals surface area (Å²) in [5.74, 6) is 1.37. The molecule has 0 bridgehead atoms. The van der Waals surface area contributed by atoms with Gasteiger partial charge in [-0.15, -0.1) is 0 Å². The molecule has 2 aromatic heterocycles. The fourth-order valence-electron chi connectivity index (χ4n) is 2.31. The normalized spacial score (nSPS) is 12.5. The third kappa shape index (κ3) is 3.75. The largest absolute Gasteiger partial charge is 0.469 e. The zero-order valence-corrected chi connectivity index (χ0v) is 12.6. The third-order valence-corrected chi connectivity index (χ3v) is 3.67. The van der Waals surface area contributed by atoms with Gasteiger partial charge in [-0.05, 0) is 42.2 Å². The smallest absolute Gasteiger partial charge is 0.153 e. The average Bonchev–Trinajstić information content (AvgIpc) is 3.16. The highest BCUT2D eigenvalue weighted by atomic mass is 35.5. The zero-order valence-electron chi connectivity index (χ0n) is 11.9. The predicted octanol–water partition coefficient (Wildman–Crippen LogP) is 3.31. The lowest BCUT2D eigenvalue weighted by Gasteiger charge is -2.04. The number of nitrogens with one attached hydrogen (secondary N) is 1. The number of hydrogen-bond acceptors (Lipinski definition) is 4. The van der Waals surface area contributed by atoms with Crippen molar-refractivity contribution in [2.24, 2.45) is 0 Å². The number of halogens is 1. The number of aliphatic hydroxyl groups excluding tert-OH is 1. The molecule has 0 aliphatic carbocycles. The van der Waals surface area contributed by atoms with Gasteiger partial charge in [0.15, 0.2) is 5.82 Å². The Kier molecular flexibility index (Phi) is 4.56. The van der Waals surface area contributed by atoms with E-state index in [-0.39, 0.29) is 0 Å². The van der Waals surface area contributed by atoms with Crippen LogP contribution in [0, 0.1) is 0 Å². The van der Waals surface area contributed by atoms with E-state index in [0.29, 0.717) is 25.1 Å². The van der Waals surface area contributed by atoms with Crippen LogP contribution in [-0.2, 0) is 12.8 Å². The van der Waals surface area contributed by atoms with Gasteiger partial charge < -0.3 is 9.52 Å². The van der Waals surface area contributed by atoms with Crippen LogP contribution >= 0.6 is 11.6 Å². The van der Waals surface area contributed by atoms with Gasteiger partial charge in [0.2, 0.25) is 0 Å². The van der Waals surface area contributed by atoms with Gasteiger partial charge in [0.25, 0.3) is 0 Å². The molecule has 3 aromatic rings. The molecule has 0 aliphatic rings. The summed E-state index contributed by atoms with van der Waals surface area (Å²) in [7, 11) is 0. The molecule has 5 nitrogen and oxygen atoms in total. The van der Waals surface area contributed by atoms with Crippen LogP contribution in [0.3, 0.4) is 0 Å². The maximum atomic E-state index is 9.96. The number of rotatable bonds is 6.